The smallest absolute Gasteiger partial charge is 0.243 e. The van der Waals surface area contributed by atoms with Gasteiger partial charge in [-0.1, -0.05) is 28.1 Å². The van der Waals surface area contributed by atoms with Crippen molar-refractivity contribution in [3.05, 3.63) is 52.6 Å². The third-order valence-corrected chi connectivity index (χ3v) is 5.34. The van der Waals surface area contributed by atoms with E-state index in [-0.39, 0.29) is 4.90 Å². The largest absolute Gasteiger partial charge is 0.373 e. The minimum absolute atomic E-state index is 0.224. The number of sulfonamides is 1. The van der Waals surface area contributed by atoms with E-state index in [1.54, 1.807) is 14.1 Å². The van der Waals surface area contributed by atoms with Crippen molar-refractivity contribution in [2.45, 2.75) is 11.4 Å². The lowest BCUT2D eigenvalue weighted by atomic mass is 10.2. The molecule has 1 aromatic carbocycles. The number of halogens is 1. The van der Waals surface area contributed by atoms with Gasteiger partial charge in [0.15, 0.2) is 0 Å². The van der Waals surface area contributed by atoms with Crippen molar-refractivity contribution in [2.75, 3.05) is 19.4 Å². The first-order chi connectivity index (χ1) is 9.93. The van der Waals surface area contributed by atoms with Gasteiger partial charge in [0.2, 0.25) is 10.0 Å². The fourth-order valence-corrected chi connectivity index (χ4v) is 3.26. The van der Waals surface area contributed by atoms with Gasteiger partial charge in [0.1, 0.15) is 5.82 Å². The summed E-state index contributed by atoms with van der Waals surface area (Å²) in [5.41, 5.74) is 0.923. The van der Waals surface area contributed by atoms with E-state index < -0.39 is 10.0 Å². The highest BCUT2D eigenvalue weighted by Gasteiger charge is 2.21. The Morgan fingerprint density at radius 2 is 1.90 bits per heavy atom. The van der Waals surface area contributed by atoms with Crippen LogP contribution in [0.1, 0.15) is 5.56 Å². The Kier molecular flexibility index (Phi) is 4.97. The quantitative estimate of drug-likeness (QED) is 0.879. The van der Waals surface area contributed by atoms with Crippen LogP contribution in [0.2, 0.25) is 0 Å². The Bertz CT molecular complexity index is 717. The molecule has 112 valence electrons. The van der Waals surface area contributed by atoms with Gasteiger partial charge in [-0.3, -0.25) is 0 Å². The Balaban J connectivity index is 2.23. The Hall–Kier alpha value is -1.44. The average molecular weight is 370 g/mol. The van der Waals surface area contributed by atoms with E-state index in [2.05, 4.69) is 26.2 Å². The lowest BCUT2D eigenvalue weighted by Gasteiger charge is -2.17. The molecule has 2 aromatic rings. The van der Waals surface area contributed by atoms with Crippen molar-refractivity contribution in [3.63, 3.8) is 0 Å². The van der Waals surface area contributed by atoms with Crippen molar-refractivity contribution < 1.29 is 8.42 Å². The summed E-state index contributed by atoms with van der Waals surface area (Å²) in [6, 6.07) is 10.6. The second kappa shape index (κ2) is 6.55. The molecule has 0 aliphatic heterocycles. The molecule has 0 saturated heterocycles. The number of hydrogen-bond acceptors (Lipinski definition) is 4. The zero-order chi connectivity index (χ0) is 15.5. The van der Waals surface area contributed by atoms with Crippen LogP contribution >= 0.6 is 15.9 Å². The molecule has 0 fully saturated rings. The summed E-state index contributed by atoms with van der Waals surface area (Å²) in [6.07, 6.45) is 1.48. The molecule has 0 radical (unpaired) electrons. The molecule has 1 aromatic heterocycles. The van der Waals surface area contributed by atoms with Gasteiger partial charge < -0.3 is 5.32 Å². The van der Waals surface area contributed by atoms with E-state index in [1.165, 1.54) is 22.6 Å². The summed E-state index contributed by atoms with van der Waals surface area (Å²) in [5, 5.41) is 2.84. The number of aromatic nitrogens is 1. The highest BCUT2D eigenvalue weighted by Crippen LogP contribution is 2.19. The van der Waals surface area contributed by atoms with E-state index in [9.17, 15) is 8.42 Å². The van der Waals surface area contributed by atoms with Gasteiger partial charge in [-0.15, -0.1) is 0 Å². The molecule has 0 spiro atoms. The fraction of sp³-hybridized carbons (Fsp3) is 0.214. The molecule has 2 rings (SSSR count). The summed E-state index contributed by atoms with van der Waals surface area (Å²) in [4.78, 5) is 4.25. The van der Waals surface area contributed by atoms with Crippen molar-refractivity contribution in [3.8, 4) is 0 Å². The van der Waals surface area contributed by atoms with Crippen LogP contribution in [-0.2, 0) is 16.6 Å². The second-order valence-electron chi connectivity index (χ2n) is 4.51. The van der Waals surface area contributed by atoms with Crippen LogP contribution in [0.25, 0.3) is 0 Å². The number of anilines is 1. The van der Waals surface area contributed by atoms with Crippen LogP contribution in [0, 0.1) is 0 Å². The average Bonchev–Trinajstić information content (AvgIpc) is 2.49. The zero-order valence-electron chi connectivity index (χ0n) is 11.7. The van der Waals surface area contributed by atoms with Gasteiger partial charge in [0.25, 0.3) is 0 Å². The molecule has 5 nitrogen and oxygen atoms in total. The Morgan fingerprint density at radius 1 is 1.24 bits per heavy atom. The molecule has 0 aliphatic rings. The van der Waals surface area contributed by atoms with Crippen molar-refractivity contribution >= 4 is 31.8 Å². The monoisotopic (exact) mass is 369 g/mol. The molecule has 0 unspecified atom stereocenters. The maximum atomic E-state index is 12.5. The van der Waals surface area contributed by atoms with Crippen molar-refractivity contribution in [1.29, 1.82) is 0 Å². The molecule has 0 bridgehead atoms. The van der Waals surface area contributed by atoms with Gasteiger partial charge in [-0.05, 0) is 23.8 Å². The third-order valence-electron chi connectivity index (χ3n) is 3.01. The number of benzene rings is 1. The van der Waals surface area contributed by atoms with E-state index in [1.807, 2.05) is 24.3 Å². The molecule has 0 aliphatic carbocycles. The molecule has 0 amide bonds. The second-order valence-corrected chi connectivity index (χ2v) is 7.47. The maximum absolute atomic E-state index is 12.5. The lowest BCUT2D eigenvalue weighted by Crippen LogP contribution is -2.26. The lowest BCUT2D eigenvalue weighted by molar-refractivity contribution is 0.466. The first kappa shape index (κ1) is 15.9. The van der Waals surface area contributed by atoms with Crippen LogP contribution in [0.5, 0.6) is 0 Å². The van der Waals surface area contributed by atoms with Gasteiger partial charge in [0.05, 0.1) is 4.90 Å². The van der Waals surface area contributed by atoms with Crippen molar-refractivity contribution in [1.82, 2.24) is 9.29 Å². The molecular formula is C14H16BrN3O2S. The summed E-state index contributed by atoms with van der Waals surface area (Å²) < 4.78 is 27.4. The number of nitrogens with one attached hydrogen (secondary N) is 1. The number of hydrogen-bond donors (Lipinski definition) is 1. The standard InChI is InChI=1S/C14H16BrN3O2S/c1-16-14-9-13(7-8-17-14)21(19,20)18(2)10-11-3-5-12(15)6-4-11/h3-9H,10H2,1-2H3,(H,16,17). The third kappa shape index (κ3) is 3.81. The highest BCUT2D eigenvalue weighted by atomic mass is 79.9. The minimum atomic E-state index is -3.54. The van der Waals surface area contributed by atoms with Crippen molar-refractivity contribution in [2.24, 2.45) is 0 Å². The fourth-order valence-electron chi connectivity index (χ4n) is 1.82. The predicted octanol–water partition coefficient (Wildman–Crippen LogP) is 2.71. The maximum Gasteiger partial charge on any atom is 0.243 e. The normalized spacial score (nSPS) is 11.6. The van der Waals surface area contributed by atoms with Gasteiger partial charge in [-0.25, -0.2) is 13.4 Å². The molecular weight excluding hydrogens is 354 g/mol. The van der Waals surface area contributed by atoms with E-state index in [4.69, 9.17) is 0 Å². The highest BCUT2D eigenvalue weighted by molar-refractivity contribution is 9.10. The van der Waals surface area contributed by atoms with Crippen LogP contribution in [0.15, 0.2) is 52.0 Å². The van der Waals surface area contributed by atoms with Crippen LogP contribution in [-0.4, -0.2) is 31.8 Å². The molecule has 0 saturated carbocycles. The van der Waals surface area contributed by atoms with E-state index >= 15 is 0 Å². The topological polar surface area (TPSA) is 62.3 Å². The van der Waals surface area contributed by atoms with Gasteiger partial charge in [0, 0.05) is 37.4 Å². The molecule has 0 atom stereocenters. The minimum Gasteiger partial charge on any atom is -0.373 e. The first-order valence-electron chi connectivity index (χ1n) is 6.28. The Morgan fingerprint density at radius 3 is 2.52 bits per heavy atom. The summed E-state index contributed by atoms with van der Waals surface area (Å²) in [6.45, 7) is 0.312. The van der Waals surface area contributed by atoms with Crippen LogP contribution in [0.3, 0.4) is 0 Å². The molecule has 1 N–H and O–H groups in total. The number of pyridine rings is 1. The van der Waals surface area contributed by atoms with Gasteiger partial charge >= 0.3 is 0 Å². The zero-order valence-corrected chi connectivity index (χ0v) is 14.1. The van der Waals surface area contributed by atoms with Crippen LogP contribution in [0.4, 0.5) is 5.82 Å². The molecule has 7 heteroatoms. The summed E-state index contributed by atoms with van der Waals surface area (Å²) >= 11 is 3.36. The molecule has 21 heavy (non-hydrogen) atoms. The van der Waals surface area contributed by atoms with Crippen LogP contribution < -0.4 is 5.32 Å². The number of nitrogens with zero attached hydrogens (tertiary/aromatic N) is 2. The SMILES string of the molecule is CNc1cc(S(=O)(=O)N(C)Cc2ccc(Br)cc2)ccn1. The number of rotatable bonds is 5. The van der Waals surface area contributed by atoms with Gasteiger partial charge in [-0.2, -0.15) is 4.31 Å². The summed E-state index contributed by atoms with van der Waals surface area (Å²) in [7, 11) is -0.273. The van der Waals surface area contributed by atoms with E-state index in [0.717, 1.165) is 10.0 Å². The summed E-state index contributed by atoms with van der Waals surface area (Å²) in [5.74, 6) is 0.521. The Labute approximate surface area is 133 Å². The molecule has 1 heterocycles. The predicted molar refractivity (Wildman–Crippen MR) is 86.6 cm³/mol. The van der Waals surface area contributed by atoms with E-state index in [0.29, 0.717) is 12.4 Å². The first-order valence-corrected chi connectivity index (χ1v) is 8.51.